The van der Waals surface area contributed by atoms with Crippen LogP contribution in [0.1, 0.15) is 29.2 Å². The van der Waals surface area contributed by atoms with Crippen LogP contribution in [0.5, 0.6) is 0 Å². The Kier molecular flexibility index (Phi) is 7.45. The number of carbonyl (C=O) groups is 2. The van der Waals surface area contributed by atoms with Gasteiger partial charge in [-0.2, -0.15) is 0 Å². The average molecular weight is 421 g/mol. The number of rotatable bonds is 8. The van der Waals surface area contributed by atoms with Crippen molar-refractivity contribution in [3.8, 4) is 0 Å². The van der Waals surface area contributed by atoms with Crippen LogP contribution in [0.3, 0.4) is 0 Å². The number of nitrogens with zero attached hydrogens (tertiary/aromatic N) is 1. The second kappa shape index (κ2) is 10.5. The molecule has 6 nitrogen and oxygen atoms in total. The summed E-state index contributed by atoms with van der Waals surface area (Å²) in [5.74, 6) is 0.629. The predicted molar refractivity (Wildman–Crippen MR) is 120 cm³/mol. The van der Waals surface area contributed by atoms with Gasteiger partial charge in [0.1, 0.15) is 0 Å². The standard InChI is InChI=1S/C23H24N4O2S/c1-16-5-2-3-7-20(16)21(27-23(24)29)13-22(28)26-18-8-10-19(11-9-18)30-15-17-6-4-12-25-14-17/h2-12,14,21H,13,15H2,1H3,(H,26,28)(H3,24,27,29)/t21-/m1/s1. The molecule has 154 valence electrons. The molecule has 1 atom stereocenters. The first-order chi connectivity index (χ1) is 14.5. The highest BCUT2D eigenvalue weighted by Crippen LogP contribution is 2.25. The fraction of sp³-hybridized carbons (Fsp3) is 0.174. The van der Waals surface area contributed by atoms with Gasteiger partial charge >= 0.3 is 6.03 Å². The summed E-state index contributed by atoms with van der Waals surface area (Å²) in [5, 5.41) is 5.55. The lowest BCUT2D eigenvalue weighted by molar-refractivity contribution is -0.116. The molecule has 3 aromatic rings. The number of aromatic nitrogens is 1. The molecule has 3 rings (SSSR count). The lowest BCUT2D eigenvalue weighted by atomic mass is 9.98. The number of aryl methyl sites for hydroxylation is 1. The molecule has 0 aliphatic carbocycles. The lowest BCUT2D eigenvalue weighted by Crippen LogP contribution is -2.35. The van der Waals surface area contributed by atoms with E-state index in [4.69, 9.17) is 5.73 Å². The minimum Gasteiger partial charge on any atom is -0.352 e. The molecular formula is C23H24N4O2S. The largest absolute Gasteiger partial charge is 0.352 e. The Bertz CT molecular complexity index is 994. The number of hydrogen-bond acceptors (Lipinski definition) is 4. The zero-order chi connectivity index (χ0) is 21.3. The van der Waals surface area contributed by atoms with E-state index in [1.807, 2.05) is 73.8 Å². The van der Waals surface area contributed by atoms with Gasteiger partial charge in [0.25, 0.3) is 0 Å². The van der Waals surface area contributed by atoms with Crippen LogP contribution in [0, 0.1) is 6.92 Å². The van der Waals surface area contributed by atoms with Gasteiger partial charge in [-0.1, -0.05) is 30.3 Å². The van der Waals surface area contributed by atoms with Crippen molar-refractivity contribution < 1.29 is 9.59 Å². The van der Waals surface area contributed by atoms with Crippen molar-refractivity contribution >= 4 is 29.4 Å². The molecule has 0 saturated heterocycles. The van der Waals surface area contributed by atoms with Gasteiger partial charge in [0, 0.05) is 28.7 Å². The van der Waals surface area contributed by atoms with E-state index in [-0.39, 0.29) is 12.3 Å². The average Bonchev–Trinajstić information content (AvgIpc) is 2.73. The third kappa shape index (κ3) is 6.35. The van der Waals surface area contributed by atoms with Crippen LogP contribution >= 0.6 is 11.8 Å². The number of primary amides is 1. The van der Waals surface area contributed by atoms with Crippen molar-refractivity contribution in [3.63, 3.8) is 0 Å². The normalized spacial score (nSPS) is 11.5. The van der Waals surface area contributed by atoms with Crippen LogP contribution < -0.4 is 16.4 Å². The molecule has 0 fully saturated rings. The summed E-state index contributed by atoms with van der Waals surface area (Å²) >= 11 is 1.70. The zero-order valence-electron chi connectivity index (χ0n) is 16.7. The molecule has 1 aromatic heterocycles. The van der Waals surface area contributed by atoms with Gasteiger partial charge in [0.05, 0.1) is 12.5 Å². The van der Waals surface area contributed by atoms with Gasteiger partial charge in [-0.3, -0.25) is 9.78 Å². The summed E-state index contributed by atoms with van der Waals surface area (Å²) in [6.07, 6.45) is 3.70. The molecule has 30 heavy (non-hydrogen) atoms. The maximum Gasteiger partial charge on any atom is 0.312 e. The maximum atomic E-state index is 12.6. The fourth-order valence-corrected chi connectivity index (χ4v) is 3.90. The molecule has 3 amide bonds. The SMILES string of the molecule is Cc1ccccc1[C@@H](CC(=O)Nc1ccc(SCc2cccnc2)cc1)NC(N)=O. The molecule has 0 unspecified atom stereocenters. The Morgan fingerprint density at radius 1 is 1.07 bits per heavy atom. The molecule has 1 heterocycles. The Morgan fingerprint density at radius 2 is 1.83 bits per heavy atom. The summed E-state index contributed by atoms with van der Waals surface area (Å²) in [4.78, 5) is 29.2. The Labute approximate surface area is 180 Å². The molecular weight excluding hydrogens is 396 g/mol. The van der Waals surface area contributed by atoms with Crippen molar-refractivity contribution in [3.05, 3.63) is 89.7 Å². The molecule has 4 N–H and O–H groups in total. The minimum atomic E-state index is -0.661. The Hall–Kier alpha value is -3.32. The molecule has 0 spiro atoms. The third-order valence-electron chi connectivity index (χ3n) is 4.54. The number of amides is 3. The van der Waals surface area contributed by atoms with Crippen molar-refractivity contribution in [1.29, 1.82) is 0 Å². The van der Waals surface area contributed by atoms with Crippen molar-refractivity contribution in [2.24, 2.45) is 5.73 Å². The number of anilines is 1. The molecule has 7 heteroatoms. The summed E-state index contributed by atoms with van der Waals surface area (Å²) in [6, 6.07) is 18.1. The lowest BCUT2D eigenvalue weighted by Gasteiger charge is -2.19. The zero-order valence-corrected chi connectivity index (χ0v) is 17.5. The highest BCUT2D eigenvalue weighted by Gasteiger charge is 2.19. The highest BCUT2D eigenvalue weighted by molar-refractivity contribution is 7.98. The number of thioether (sulfide) groups is 1. The number of benzene rings is 2. The number of nitrogens with one attached hydrogen (secondary N) is 2. The van der Waals surface area contributed by atoms with Crippen LogP contribution in [0.4, 0.5) is 10.5 Å². The maximum absolute atomic E-state index is 12.6. The van der Waals surface area contributed by atoms with E-state index in [0.29, 0.717) is 5.69 Å². The van der Waals surface area contributed by atoms with Crippen LogP contribution in [0.2, 0.25) is 0 Å². The summed E-state index contributed by atoms with van der Waals surface area (Å²) < 4.78 is 0. The van der Waals surface area contributed by atoms with Gasteiger partial charge < -0.3 is 16.4 Å². The van der Waals surface area contributed by atoms with Crippen LogP contribution in [-0.2, 0) is 10.5 Å². The van der Waals surface area contributed by atoms with E-state index in [1.165, 1.54) is 0 Å². The molecule has 0 radical (unpaired) electrons. The van der Waals surface area contributed by atoms with Crippen molar-refractivity contribution in [1.82, 2.24) is 10.3 Å². The van der Waals surface area contributed by atoms with Gasteiger partial charge in [0.2, 0.25) is 5.91 Å². The number of carbonyl (C=O) groups excluding carboxylic acids is 2. The fourth-order valence-electron chi connectivity index (χ4n) is 3.07. The van der Waals surface area contributed by atoms with Crippen LogP contribution in [0.15, 0.2) is 78.0 Å². The van der Waals surface area contributed by atoms with Crippen molar-refractivity contribution in [2.75, 3.05) is 5.32 Å². The molecule has 2 aromatic carbocycles. The van der Waals surface area contributed by atoms with E-state index >= 15 is 0 Å². The van der Waals surface area contributed by atoms with E-state index in [2.05, 4.69) is 15.6 Å². The smallest absolute Gasteiger partial charge is 0.312 e. The van der Waals surface area contributed by atoms with E-state index in [9.17, 15) is 9.59 Å². The van der Waals surface area contributed by atoms with E-state index in [1.54, 1.807) is 18.0 Å². The molecule has 0 aliphatic heterocycles. The predicted octanol–water partition coefficient (Wildman–Crippen LogP) is 4.42. The first kappa shape index (κ1) is 21.4. The number of hydrogen-bond donors (Lipinski definition) is 3. The van der Waals surface area contributed by atoms with Gasteiger partial charge in [0.15, 0.2) is 0 Å². The number of nitrogens with two attached hydrogens (primary N) is 1. The number of urea groups is 1. The minimum absolute atomic E-state index is 0.0886. The first-order valence-electron chi connectivity index (χ1n) is 9.54. The molecule has 0 saturated carbocycles. The van der Waals surface area contributed by atoms with E-state index < -0.39 is 12.1 Å². The van der Waals surface area contributed by atoms with Crippen molar-refractivity contribution in [2.45, 2.75) is 30.0 Å². The quantitative estimate of drug-likeness (QED) is 0.470. The third-order valence-corrected chi connectivity index (χ3v) is 5.62. The summed E-state index contributed by atoms with van der Waals surface area (Å²) in [5.41, 5.74) is 9.02. The Balaban J connectivity index is 1.58. The Morgan fingerprint density at radius 3 is 2.50 bits per heavy atom. The second-order valence-corrected chi connectivity index (χ2v) is 7.89. The van der Waals surface area contributed by atoms with Crippen LogP contribution in [0.25, 0.3) is 0 Å². The first-order valence-corrected chi connectivity index (χ1v) is 10.5. The summed E-state index contributed by atoms with van der Waals surface area (Å²) in [7, 11) is 0. The van der Waals surface area contributed by atoms with E-state index in [0.717, 1.165) is 27.3 Å². The van der Waals surface area contributed by atoms with Gasteiger partial charge in [-0.15, -0.1) is 11.8 Å². The van der Waals surface area contributed by atoms with Gasteiger partial charge in [-0.05, 0) is 53.9 Å². The monoisotopic (exact) mass is 420 g/mol. The van der Waals surface area contributed by atoms with Gasteiger partial charge in [-0.25, -0.2) is 4.79 Å². The molecule has 0 aliphatic rings. The summed E-state index contributed by atoms with van der Waals surface area (Å²) in [6.45, 7) is 1.94. The second-order valence-electron chi connectivity index (χ2n) is 6.84. The number of pyridine rings is 1. The van der Waals surface area contributed by atoms with Crippen LogP contribution in [-0.4, -0.2) is 16.9 Å². The highest BCUT2D eigenvalue weighted by atomic mass is 32.2. The topological polar surface area (TPSA) is 97.1 Å². The molecule has 0 bridgehead atoms.